The first-order valence-electron chi connectivity index (χ1n) is 6.23. The van der Waals surface area contributed by atoms with Crippen LogP contribution in [0.25, 0.3) is 0 Å². The molecule has 0 aliphatic carbocycles. The minimum absolute atomic E-state index is 0.280. The molecule has 0 saturated carbocycles. The standard InChI is InChI=1S/C15H21NO3/c1-11(17)16-15(5,12-9-7-6-8-10-12)13(18)19-14(2,3)4/h6-10H,1-5H3,(H,16,17)/t15-/m1/s1. The second kappa shape index (κ2) is 5.43. The minimum atomic E-state index is -1.18. The van der Waals surface area contributed by atoms with Gasteiger partial charge in [0, 0.05) is 6.92 Å². The number of ether oxygens (including phenoxy) is 1. The van der Waals surface area contributed by atoms with E-state index in [9.17, 15) is 9.59 Å². The number of benzene rings is 1. The van der Waals surface area contributed by atoms with E-state index in [2.05, 4.69) is 5.32 Å². The number of nitrogens with one attached hydrogen (secondary N) is 1. The van der Waals surface area contributed by atoms with Crippen LogP contribution in [-0.2, 0) is 19.9 Å². The van der Waals surface area contributed by atoms with Crippen LogP contribution in [0.4, 0.5) is 0 Å². The zero-order valence-electron chi connectivity index (χ0n) is 12.1. The van der Waals surface area contributed by atoms with Crippen molar-refractivity contribution in [2.45, 2.75) is 45.8 Å². The number of rotatable bonds is 3. The average Bonchev–Trinajstić information content (AvgIpc) is 2.26. The molecule has 1 N–H and O–H groups in total. The summed E-state index contributed by atoms with van der Waals surface area (Å²) >= 11 is 0. The highest BCUT2D eigenvalue weighted by Gasteiger charge is 2.39. The van der Waals surface area contributed by atoms with Crippen molar-refractivity contribution in [1.29, 1.82) is 0 Å². The van der Waals surface area contributed by atoms with Gasteiger partial charge in [0.2, 0.25) is 5.91 Å². The third kappa shape index (κ3) is 4.09. The number of carbonyl (C=O) groups is 2. The van der Waals surface area contributed by atoms with Crippen LogP contribution < -0.4 is 5.32 Å². The first-order chi connectivity index (χ1) is 8.65. The molecule has 1 rings (SSSR count). The molecule has 0 radical (unpaired) electrons. The summed E-state index contributed by atoms with van der Waals surface area (Å²) in [4.78, 5) is 23.8. The number of amides is 1. The Bertz CT molecular complexity index is 462. The molecule has 1 atom stereocenters. The first kappa shape index (κ1) is 15.2. The maximum atomic E-state index is 12.4. The Balaban J connectivity index is 3.14. The highest BCUT2D eigenvalue weighted by Crippen LogP contribution is 2.25. The lowest BCUT2D eigenvalue weighted by Gasteiger charge is -2.32. The van der Waals surface area contributed by atoms with Gasteiger partial charge in [0.25, 0.3) is 0 Å². The maximum Gasteiger partial charge on any atom is 0.336 e. The molecule has 0 unspecified atom stereocenters. The van der Waals surface area contributed by atoms with Crippen molar-refractivity contribution in [1.82, 2.24) is 5.32 Å². The van der Waals surface area contributed by atoms with Gasteiger partial charge in [0.15, 0.2) is 5.54 Å². The van der Waals surface area contributed by atoms with E-state index in [4.69, 9.17) is 4.74 Å². The highest BCUT2D eigenvalue weighted by atomic mass is 16.6. The summed E-state index contributed by atoms with van der Waals surface area (Å²) in [6.45, 7) is 8.42. The predicted octanol–water partition coefficient (Wildman–Crippen LogP) is 2.38. The van der Waals surface area contributed by atoms with Crippen molar-refractivity contribution >= 4 is 11.9 Å². The van der Waals surface area contributed by atoms with E-state index < -0.39 is 17.1 Å². The molecule has 0 aromatic heterocycles. The van der Waals surface area contributed by atoms with Crippen molar-refractivity contribution in [2.75, 3.05) is 0 Å². The molecule has 0 heterocycles. The number of hydrogen-bond donors (Lipinski definition) is 1. The maximum absolute atomic E-state index is 12.4. The predicted molar refractivity (Wildman–Crippen MR) is 73.5 cm³/mol. The fourth-order valence-corrected chi connectivity index (χ4v) is 1.74. The van der Waals surface area contributed by atoms with Gasteiger partial charge in [-0.2, -0.15) is 0 Å². The number of hydrogen-bond acceptors (Lipinski definition) is 3. The van der Waals surface area contributed by atoms with Gasteiger partial charge in [0.1, 0.15) is 5.60 Å². The molecule has 0 saturated heterocycles. The second-order valence-electron chi connectivity index (χ2n) is 5.67. The average molecular weight is 263 g/mol. The van der Waals surface area contributed by atoms with Crippen molar-refractivity contribution in [2.24, 2.45) is 0 Å². The monoisotopic (exact) mass is 263 g/mol. The largest absolute Gasteiger partial charge is 0.458 e. The van der Waals surface area contributed by atoms with Crippen LogP contribution in [0.5, 0.6) is 0 Å². The van der Waals surface area contributed by atoms with Gasteiger partial charge in [0.05, 0.1) is 0 Å². The minimum Gasteiger partial charge on any atom is -0.458 e. The molecule has 19 heavy (non-hydrogen) atoms. The Morgan fingerprint density at radius 1 is 1.05 bits per heavy atom. The van der Waals surface area contributed by atoms with E-state index >= 15 is 0 Å². The van der Waals surface area contributed by atoms with Crippen LogP contribution in [0.1, 0.15) is 40.2 Å². The molecule has 0 spiro atoms. The lowest BCUT2D eigenvalue weighted by atomic mass is 9.91. The molecule has 0 bridgehead atoms. The van der Waals surface area contributed by atoms with Crippen LogP contribution in [0.3, 0.4) is 0 Å². The molecule has 4 nitrogen and oxygen atoms in total. The van der Waals surface area contributed by atoms with E-state index in [1.165, 1.54) is 6.92 Å². The van der Waals surface area contributed by atoms with Crippen LogP contribution in [0.2, 0.25) is 0 Å². The molecule has 1 aromatic rings. The molecule has 1 amide bonds. The Morgan fingerprint density at radius 3 is 2.00 bits per heavy atom. The van der Waals surface area contributed by atoms with Gasteiger partial charge < -0.3 is 10.1 Å². The van der Waals surface area contributed by atoms with Gasteiger partial charge in [-0.25, -0.2) is 4.79 Å². The molecule has 4 heteroatoms. The summed E-state index contributed by atoms with van der Waals surface area (Å²) in [7, 11) is 0. The van der Waals surface area contributed by atoms with Gasteiger partial charge in [-0.3, -0.25) is 4.79 Å². The summed E-state index contributed by atoms with van der Waals surface area (Å²) in [5.74, 6) is -0.751. The smallest absolute Gasteiger partial charge is 0.336 e. The molecular weight excluding hydrogens is 242 g/mol. The van der Waals surface area contributed by atoms with Gasteiger partial charge in [-0.15, -0.1) is 0 Å². The summed E-state index contributed by atoms with van der Waals surface area (Å²) in [6, 6.07) is 9.08. The fourth-order valence-electron chi connectivity index (χ4n) is 1.74. The topological polar surface area (TPSA) is 55.4 Å². The summed E-state index contributed by atoms with van der Waals surface area (Å²) in [5.41, 5.74) is -1.09. The van der Waals surface area contributed by atoms with E-state index in [0.29, 0.717) is 5.56 Å². The third-order valence-corrected chi connectivity index (χ3v) is 2.58. The van der Waals surface area contributed by atoms with E-state index in [1.807, 2.05) is 18.2 Å². The van der Waals surface area contributed by atoms with Crippen LogP contribution >= 0.6 is 0 Å². The van der Waals surface area contributed by atoms with Crippen LogP contribution in [0.15, 0.2) is 30.3 Å². The second-order valence-corrected chi connectivity index (χ2v) is 5.67. The van der Waals surface area contributed by atoms with Crippen molar-refractivity contribution < 1.29 is 14.3 Å². The normalized spacial score (nSPS) is 14.4. The summed E-state index contributed by atoms with van der Waals surface area (Å²) in [6.07, 6.45) is 0. The van der Waals surface area contributed by atoms with Crippen molar-refractivity contribution in [3.05, 3.63) is 35.9 Å². The number of carbonyl (C=O) groups excluding carboxylic acids is 2. The van der Waals surface area contributed by atoms with Crippen LogP contribution in [0, 0.1) is 0 Å². The highest BCUT2D eigenvalue weighted by molar-refractivity contribution is 5.88. The van der Waals surface area contributed by atoms with Crippen LogP contribution in [-0.4, -0.2) is 17.5 Å². The Kier molecular flexibility index (Phi) is 4.35. The zero-order valence-corrected chi connectivity index (χ0v) is 12.1. The van der Waals surface area contributed by atoms with Crippen molar-refractivity contribution in [3.63, 3.8) is 0 Å². The third-order valence-electron chi connectivity index (χ3n) is 2.58. The summed E-state index contributed by atoms with van der Waals surface area (Å²) < 4.78 is 5.40. The molecule has 0 aliphatic rings. The molecule has 104 valence electrons. The van der Waals surface area contributed by atoms with Gasteiger partial charge in [-0.1, -0.05) is 30.3 Å². The van der Waals surface area contributed by atoms with E-state index in [-0.39, 0.29) is 5.91 Å². The molecule has 1 aromatic carbocycles. The molecule has 0 aliphatic heterocycles. The zero-order chi connectivity index (χ0) is 14.7. The molecular formula is C15H21NO3. The SMILES string of the molecule is CC(=O)N[C@@](C)(C(=O)OC(C)(C)C)c1ccccc1. The quantitative estimate of drug-likeness (QED) is 0.852. The number of esters is 1. The summed E-state index contributed by atoms with van der Waals surface area (Å²) in [5, 5.41) is 2.68. The fraction of sp³-hybridized carbons (Fsp3) is 0.467. The van der Waals surface area contributed by atoms with Gasteiger partial charge in [-0.05, 0) is 33.3 Å². The Morgan fingerprint density at radius 2 is 1.58 bits per heavy atom. The lowest BCUT2D eigenvalue weighted by Crippen LogP contribution is -2.51. The van der Waals surface area contributed by atoms with Crippen molar-refractivity contribution in [3.8, 4) is 0 Å². The van der Waals surface area contributed by atoms with E-state index in [0.717, 1.165) is 0 Å². The Labute approximate surface area is 114 Å². The van der Waals surface area contributed by atoms with Gasteiger partial charge >= 0.3 is 5.97 Å². The lowest BCUT2D eigenvalue weighted by molar-refractivity contribution is -0.164. The first-order valence-corrected chi connectivity index (χ1v) is 6.23. The molecule has 0 fully saturated rings. The van der Waals surface area contributed by atoms with E-state index in [1.54, 1.807) is 39.8 Å². The Hall–Kier alpha value is -1.84.